The van der Waals surface area contributed by atoms with E-state index in [1.807, 2.05) is 19.9 Å². The van der Waals surface area contributed by atoms with Gasteiger partial charge in [0.25, 0.3) is 0 Å². The highest BCUT2D eigenvalue weighted by atomic mass is 35.5. The molecule has 3 saturated carbocycles. The minimum absolute atomic E-state index is 0.0525. The van der Waals surface area contributed by atoms with Crippen molar-refractivity contribution in [3.63, 3.8) is 0 Å². The van der Waals surface area contributed by atoms with Gasteiger partial charge in [0.1, 0.15) is 12.2 Å². The van der Waals surface area contributed by atoms with E-state index in [0.717, 1.165) is 5.57 Å². The molecule has 3 N–H and O–H groups in total. The molecule has 0 aromatic heterocycles. The number of rotatable bonds is 2. The number of alkyl halides is 1. The van der Waals surface area contributed by atoms with Crippen LogP contribution in [-0.2, 0) is 9.59 Å². The molecule has 0 amide bonds. The standard InChI is InChI=1S/C22H29ClO5/c1-11-6-14-18-15(23)8-12-7-13(25)4-5-20(12,2)19(18)16(26)9-21(14,3)22(11,28)17(27)10-24/h4-5,7,11,14-16,18-19,24,26,28H,6,8-10H2,1-3H3/t11-,14+,15-,16+,18-,19+,20?,21+,22+/m1/s1. The minimum Gasteiger partial charge on any atom is -0.393 e. The Bertz CT molecular complexity index is 790. The highest BCUT2D eigenvalue weighted by Crippen LogP contribution is 2.68. The maximum absolute atomic E-state index is 12.6. The van der Waals surface area contributed by atoms with Crippen molar-refractivity contribution >= 4 is 23.2 Å². The summed E-state index contributed by atoms with van der Waals surface area (Å²) in [5.74, 6) is -1.29. The van der Waals surface area contributed by atoms with Gasteiger partial charge in [-0.05, 0) is 49.2 Å². The fraction of sp³-hybridized carbons (Fsp3) is 0.727. The zero-order valence-corrected chi connectivity index (χ0v) is 17.3. The van der Waals surface area contributed by atoms with Crippen LogP contribution >= 0.6 is 11.6 Å². The summed E-state index contributed by atoms with van der Waals surface area (Å²) < 4.78 is 0. The molecule has 0 aliphatic heterocycles. The Morgan fingerprint density at radius 2 is 2.04 bits per heavy atom. The maximum atomic E-state index is 12.6. The van der Waals surface area contributed by atoms with Crippen molar-refractivity contribution in [3.05, 3.63) is 23.8 Å². The normalized spacial score (nSPS) is 52.5. The summed E-state index contributed by atoms with van der Waals surface area (Å²) in [6.45, 7) is 5.05. The first-order valence-electron chi connectivity index (χ1n) is 10.1. The number of allylic oxidation sites excluding steroid dienone is 4. The quantitative estimate of drug-likeness (QED) is 0.607. The van der Waals surface area contributed by atoms with Crippen LogP contribution in [-0.4, -0.2) is 50.6 Å². The Morgan fingerprint density at radius 3 is 2.68 bits per heavy atom. The summed E-state index contributed by atoms with van der Waals surface area (Å²) in [4.78, 5) is 24.5. The molecule has 28 heavy (non-hydrogen) atoms. The topological polar surface area (TPSA) is 94.8 Å². The molecule has 0 aromatic rings. The predicted molar refractivity (Wildman–Crippen MR) is 105 cm³/mol. The van der Waals surface area contributed by atoms with Gasteiger partial charge < -0.3 is 15.3 Å². The number of fused-ring (bicyclic) bond motifs is 5. The van der Waals surface area contributed by atoms with E-state index in [4.69, 9.17) is 11.6 Å². The van der Waals surface area contributed by atoms with Crippen LogP contribution < -0.4 is 0 Å². The number of carbonyl (C=O) groups excluding carboxylic acids is 2. The molecule has 1 unspecified atom stereocenters. The summed E-state index contributed by atoms with van der Waals surface area (Å²) in [6.07, 6.45) is 5.78. The molecule has 0 saturated heterocycles. The monoisotopic (exact) mass is 408 g/mol. The summed E-state index contributed by atoms with van der Waals surface area (Å²) in [7, 11) is 0. The van der Waals surface area contributed by atoms with Crippen LogP contribution in [0.1, 0.15) is 40.0 Å². The van der Waals surface area contributed by atoms with E-state index < -0.39 is 34.9 Å². The fourth-order valence-corrected chi connectivity index (χ4v) is 7.79. The first-order chi connectivity index (χ1) is 13.0. The lowest BCUT2D eigenvalue weighted by Crippen LogP contribution is -2.64. The molecule has 0 aromatic carbocycles. The van der Waals surface area contributed by atoms with Crippen LogP contribution in [0.4, 0.5) is 0 Å². The van der Waals surface area contributed by atoms with Crippen LogP contribution in [0.3, 0.4) is 0 Å². The molecule has 4 aliphatic carbocycles. The van der Waals surface area contributed by atoms with Gasteiger partial charge in [-0.25, -0.2) is 0 Å². The van der Waals surface area contributed by atoms with E-state index in [0.29, 0.717) is 12.8 Å². The number of Topliss-reactive ketones (excluding diaryl/α,β-unsaturated/α-hetero) is 1. The molecular weight excluding hydrogens is 380 g/mol. The van der Waals surface area contributed by atoms with Crippen LogP contribution in [0.5, 0.6) is 0 Å². The van der Waals surface area contributed by atoms with Gasteiger partial charge in [0.2, 0.25) is 0 Å². The van der Waals surface area contributed by atoms with Crippen molar-refractivity contribution in [1.82, 2.24) is 0 Å². The van der Waals surface area contributed by atoms with Crippen LogP contribution in [0.25, 0.3) is 0 Å². The Labute approximate surface area is 170 Å². The fourth-order valence-electron chi connectivity index (χ4n) is 7.29. The Kier molecular flexibility index (Phi) is 4.52. The van der Waals surface area contributed by atoms with Gasteiger partial charge in [-0.1, -0.05) is 32.4 Å². The van der Waals surface area contributed by atoms with Gasteiger partial charge >= 0.3 is 0 Å². The van der Waals surface area contributed by atoms with E-state index in [2.05, 4.69) is 6.92 Å². The SMILES string of the molecule is C[C@@H]1C[C@H]2[C@H]3[C@H]([C@@H](O)C[C@]2(C)[C@@]1(O)C(=O)CO)C1(C)C=CC(=O)C=C1C[C@H]3Cl. The van der Waals surface area contributed by atoms with Gasteiger partial charge in [0.05, 0.1) is 6.10 Å². The minimum atomic E-state index is -1.68. The lowest BCUT2D eigenvalue weighted by Gasteiger charge is -2.60. The third kappa shape index (κ3) is 2.31. The summed E-state index contributed by atoms with van der Waals surface area (Å²) in [5, 5.41) is 32.0. The van der Waals surface area contributed by atoms with Crippen molar-refractivity contribution in [3.8, 4) is 0 Å². The first-order valence-corrected chi connectivity index (χ1v) is 10.6. The van der Waals surface area contributed by atoms with Gasteiger partial charge in [-0.3, -0.25) is 9.59 Å². The average molecular weight is 409 g/mol. The molecule has 4 aliphatic rings. The van der Waals surface area contributed by atoms with E-state index in [9.17, 15) is 24.9 Å². The number of aliphatic hydroxyl groups is 3. The van der Waals surface area contributed by atoms with Gasteiger partial charge in [0.15, 0.2) is 11.6 Å². The number of hydrogen-bond donors (Lipinski definition) is 3. The highest BCUT2D eigenvalue weighted by molar-refractivity contribution is 6.21. The Hall–Kier alpha value is -1.01. The van der Waals surface area contributed by atoms with Gasteiger partial charge in [0, 0.05) is 22.1 Å². The molecule has 0 spiro atoms. The van der Waals surface area contributed by atoms with Crippen molar-refractivity contribution in [2.24, 2.45) is 34.5 Å². The van der Waals surface area contributed by atoms with Crippen LogP contribution in [0.2, 0.25) is 0 Å². The summed E-state index contributed by atoms with van der Waals surface area (Å²) in [6, 6.07) is 0. The molecule has 5 nitrogen and oxygen atoms in total. The zero-order chi connectivity index (χ0) is 20.6. The van der Waals surface area contributed by atoms with E-state index >= 15 is 0 Å². The molecule has 9 atom stereocenters. The lowest BCUT2D eigenvalue weighted by atomic mass is 9.46. The van der Waals surface area contributed by atoms with Crippen LogP contribution in [0, 0.1) is 34.5 Å². The lowest BCUT2D eigenvalue weighted by molar-refractivity contribution is -0.183. The highest BCUT2D eigenvalue weighted by Gasteiger charge is 2.71. The molecule has 3 fully saturated rings. The molecule has 154 valence electrons. The van der Waals surface area contributed by atoms with Crippen molar-refractivity contribution in [2.75, 3.05) is 6.61 Å². The molecular formula is C22H29ClO5. The number of hydrogen-bond acceptors (Lipinski definition) is 5. The van der Waals surface area contributed by atoms with Crippen LogP contribution in [0.15, 0.2) is 23.8 Å². The predicted octanol–water partition coefficient (Wildman–Crippen LogP) is 2.02. The Balaban J connectivity index is 1.82. The summed E-state index contributed by atoms with van der Waals surface area (Å²) >= 11 is 6.86. The third-order valence-electron chi connectivity index (χ3n) is 8.63. The molecule has 0 radical (unpaired) electrons. The Morgan fingerprint density at radius 1 is 1.36 bits per heavy atom. The number of aliphatic hydroxyl groups excluding tert-OH is 2. The second-order valence-electron chi connectivity index (χ2n) is 9.79. The molecule has 0 bridgehead atoms. The van der Waals surface area contributed by atoms with Crippen molar-refractivity contribution in [1.29, 1.82) is 0 Å². The number of ketones is 2. The number of carbonyl (C=O) groups is 2. The average Bonchev–Trinajstić information content (AvgIpc) is 2.83. The first kappa shape index (κ1) is 20.3. The molecule has 6 heteroatoms. The smallest absolute Gasteiger partial charge is 0.190 e. The molecule has 0 heterocycles. The maximum Gasteiger partial charge on any atom is 0.190 e. The molecule has 4 rings (SSSR count). The van der Waals surface area contributed by atoms with Crippen molar-refractivity contribution in [2.45, 2.75) is 57.1 Å². The largest absolute Gasteiger partial charge is 0.393 e. The second-order valence-corrected chi connectivity index (χ2v) is 10.4. The third-order valence-corrected chi connectivity index (χ3v) is 9.08. The van der Waals surface area contributed by atoms with E-state index in [1.165, 1.54) is 0 Å². The second kappa shape index (κ2) is 6.24. The van der Waals surface area contributed by atoms with E-state index in [-0.39, 0.29) is 41.3 Å². The van der Waals surface area contributed by atoms with Gasteiger partial charge in [-0.2, -0.15) is 0 Å². The zero-order valence-electron chi connectivity index (χ0n) is 16.6. The van der Waals surface area contributed by atoms with Gasteiger partial charge in [-0.15, -0.1) is 11.6 Å². The number of halogens is 1. The van der Waals surface area contributed by atoms with Crippen molar-refractivity contribution < 1.29 is 24.9 Å². The summed E-state index contributed by atoms with van der Waals surface area (Å²) in [5.41, 5.74) is -2.04. The van der Waals surface area contributed by atoms with E-state index in [1.54, 1.807) is 12.2 Å².